The smallest absolute Gasteiger partial charge is 0.203 e. The Morgan fingerprint density at radius 3 is 2.15 bits per heavy atom. The second-order valence-corrected chi connectivity index (χ2v) is 8.21. The molecule has 0 bridgehead atoms. The zero-order valence-corrected chi connectivity index (χ0v) is 19.5. The van der Waals surface area contributed by atoms with E-state index >= 15 is 0 Å². The van der Waals surface area contributed by atoms with Crippen LogP contribution in [0.5, 0.6) is 17.2 Å². The van der Waals surface area contributed by atoms with Crippen molar-refractivity contribution in [1.82, 2.24) is 9.38 Å². The number of aromatic nitrogens is 2. The molecule has 0 spiro atoms. The molecule has 2 aromatic carbocycles. The van der Waals surface area contributed by atoms with Gasteiger partial charge >= 0.3 is 0 Å². The first-order chi connectivity index (χ1) is 16.7. The Kier molecular flexibility index (Phi) is 5.72. The average Bonchev–Trinajstić information content (AvgIpc) is 3.59. The number of anilines is 1. The molecule has 1 saturated heterocycles. The summed E-state index contributed by atoms with van der Waals surface area (Å²) in [5.41, 5.74) is 5.88. The van der Waals surface area contributed by atoms with E-state index in [9.17, 15) is 5.26 Å². The van der Waals surface area contributed by atoms with Crippen LogP contribution >= 0.6 is 0 Å². The molecule has 1 fully saturated rings. The SMILES string of the molecule is COc1cc(-c2cc(-c3ccc(N4CCCC4)cc3)c(C#N)c3nccn23)cc(OC)c1OC. The van der Waals surface area contributed by atoms with Gasteiger partial charge in [-0.3, -0.25) is 4.40 Å². The van der Waals surface area contributed by atoms with Crippen LogP contribution in [0.2, 0.25) is 0 Å². The Labute approximate surface area is 198 Å². The summed E-state index contributed by atoms with van der Waals surface area (Å²) in [4.78, 5) is 6.90. The minimum absolute atomic E-state index is 0.530. The van der Waals surface area contributed by atoms with Crippen molar-refractivity contribution in [3.8, 4) is 45.7 Å². The van der Waals surface area contributed by atoms with Gasteiger partial charge in [-0.2, -0.15) is 5.26 Å². The van der Waals surface area contributed by atoms with Crippen molar-refractivity contribution in [3.05, 3.63) is 60.4 Å². The van der Waals surface area contributed by atoms with Gasteiger partial charge in [0.1, 0.15) is 11.6 Å². The monoisotopic (exact) mass is 454 g/mol. The van der Waals surface area contributed by atoms with E-state index in [1.807, 2.05) is 28.8 Å². The van der Waals surface area contributed by atoms with Crippen LogP contribution in [0.1, 0.15) is 18.4 Å². The van der Waals surface area contributed by atoms with E-state index in [0.717, 1.165) is 35.5 Å². The molecule has 4 aromatic rings. The summed E-state index contributed by atoms with van der Waals surface area (Å²) >= 11 is 0. The summed E-state index contributed by atoms with van der Waals surface area (Å²) in [5.74, 6) is 1.65. The lowest BCUT2D eigenvalue weighted by atomic mass is 9.98. The molecule has 0 saturated carbocycles. The fourth-order valence-electron chi connectivity index (χ4n) is 4.70. The van der Waals surface area contributed by atoms with Gasteiger partial charge in [0.05, 0.1) is 27.0 Å². The van der Waals surface area contributed by atoms with Crippen LogP contribution < -0.4 is 19.1 Å². The number of nitrogens with zero attached hydrogens (tertiary/aromatic N) is 4. The van der Waals surface area contributed by atoms with Crippen molar-refractivity contribution in [1.29, 1.82) is 5.26 Å². The van der Waals surface area contributed by atoms with Gasteiger partial charge in [-0.25, -0.2) is 4.98 Å². The third-order valence-electron chi connectivity index (χ3n) is 6.40. The molecule has 5 rings (SSSR count). The zero-order chi connectivity index (χ0) is 23.7. The number of benzene rings is 2. The highest BCUT2D eigenvalue weighted by atomic mass is 16.5. The number of methoxy groups -OCH3 is 3. The van der Waals surface area contributed by atoms with Crippen molar-refractivity contribution in [2.45, 2.75) is 12.8 Å². The number of hydrogen-bond donors (Lipinski definition) is 0. The number of rotatable bonds is 6. The van der Waals surface area contributed by atoms with Gasteiger partial charge in [-0.05, 0) is 48.7 Å². The largest absolute Gasteiger partial charge is 0.493 e. The van der Waals surface area contributed by atoms with Crippen LogP contribution in [0, 0.1) is 11.3 Å². The molecule has 0 aliphatic carbocycles. The summed E-state index contributed by atoms with van der Waals surface area (Å²) in [6.07, 6.45) is 6.02. The number of hydrogen-bond acceptors (Lipinski definition) is 6. The van der Waals surface area contributed by atoms with Crippen LogP contribution in [-0.2, 0) is 0 Å². The summed E-state index contributed by atoms with van der Waals surface area (Å²) in [5, 5.41) is 10.0. The van der Waals surface area contributed by atoms with Crippen molar-refractivity contribution in [2.75, 3.05) is 39.3 Å². The number of nitriles is 1. The first kappa shape index (κ1) is 21.7. The van der Waals surface area contributed by atoms with E-state index in [0.29, 0.717) is 28.5 Å². The minimum Gasteiger partial charge on any atom is -0.493 e. The Balaban J connectivity index is 1.69. The van der Waals surface area contributed by atoms with Gasteiger partial charge in [-0.1, -0.05) is 12.1 Å². The van der Waals surface area contributed by atoms with Crippen LogP contribution in [0.25, 0.3) is 28.0 Å². The molecule has 172 valence electrons. The molecule has 3 heterocycles. The zero-order valence-electron chi connectivity index (χ0n) is 19.5. The van der Waals surface area contributed by atoms with E-state index in [1.54, 1.807) is 27.5 Å². The maximum Gasteiger partial charge on any atom is 0.203 e. The molecule has 0 N–H and O–H groups in total. The summed E-state index contributed by atoms with van der Waals surface area (Å²) in [7, 11) is 4.78. The molecule has 7 heteroatoms. The molecule has 7 nitrogen and oxygen atoms in total. The van der Waals surface area contributed by atoms with Crippen LogP contribution in [-0.4, -0.2) is 43.8 Å². The molecule has 1 aliphatic rings. The fourth-order valence-corrected chi connectivity index (χ4v) is 4.70. The molecule has 0 atom stereocenters. The third kappa shape index (κ3) is 3.57. The van der Waals surface area contributed by atoms with Gasteiger partial charge in [-0.15, -0.1) is 0 Å². The highest BCUT2D eigenvalue weighted by Crippen LogP contribution is 2.42. The van der Waals surface area contributed by atoms with Gasteiger partial charge in [0.15, 0.2) is 17.1 Å². The summed E-state index contributed by atoms with van der Waals surface area (Å²) in [6, 6.07) is 16.7. The quantitative estimate of drug-likeness (QED) is 0.400. The number of pyridine rings is 1. The number of ether oxygens (including phenoxy) is 3. The maximum absolute atomic E-state index is 10.0. The fraction of sp³-hybridized carbons (Fsp3) is 0.259. The first-order valence-electron chi connectivity index (χ1n) is 11.2. The lowest BCUT2D eigenvalue weighted by Gasteiger charge is -2.19. The normalized spacial score (nSPS) is 13.2. The number of imidazole rings is 1. The van der Waals surface area contributed by atoms with E-state index in [4.69, 9.17) is 14.2 Å². The molecule has 1 aliphatic heterocycles. The van der Waals surface area contributed by atoms with Gasteiger partial charge in [0.25, 0.3) is 0 Å². The van der Waals surface area contributed by atoms with Crippen LogP contribution in [0.3, 0.4) is 0 Å². The predicted octanol–water partition coefficient (Wildman–Crippen LogP) is 5.17. The molecule has 0 unspecified atom stereocenters. The first-order valence-corrected chi connectivity index (χ1v) is 11.2. The second kappa shape index (κ2) is 8.99. The highest BCUT2D eigenvalue weighted by molar-refractivity contribution is 5.84. The van der Waals surface area contributed by atoms with Gasteiger partial charge < -0.3 is 19.1 Å². The lowest BCUT2D eigenvalue weighted by molar-refractivity contribution is 0.324. The predicted molar refractivity (Wildman–Crippen MR) is 132 cm³/mol. The van der Waals surface area contributed by atoms with Crippen molar-refractivity contribution in [3.63, 3.8) is 0 Å². The Morgan fingerprint density at radius 2 is 1.56 bits per heavy atom. The standard InChI is InChI=1S/C27H26N4O3/c1-32-24-14-19(15-25(33-2)26(24)34-3)23-16-21(22(17-28)27-29-10-13-31(23)27)18-6-8-20(9-7-18)30-11-4-5-12-30/h6-10,13-16H,4-5,11-12H2,1-3H3. The van der Waals surface area contributed by atoms with Gasteiger partial charge in [0.2, 0.25) is 5.75 Å². The van der Waals surface area contributed by atoms with Crippen molar-refractivity contribution >= 4 is 11.3 Å². The van der Waals surface area contributed by atoms with E-state index < -0.39 is 0 Å². The van der Waals surface area contributed by atoms with Crippen LogP contribution in [0.4, 0.5) is 5.69 Å². The van der Waals surface area contributed by atoms with Crippen molar-refractivity contribution in [2.24, 2.45) is 0 Å². The Bertz CT molecular complexity index is 1350. The molecule has 34 heavy (non-hydrogen) atoms. The molecule has 2 aromatic heterocycles. The Morgan fingerprint density at radius 1 is 0.882 bits per heavy atom. The number of fused-ring (bicyclic) bond motifs is 1. The molecular weight excluding hydrogens is 428 g/mol. The summed E-state index contributed by atoms with van der Waals surface area (Å²) < 4.78 is 18.5. The van der Waals surface area contributed by atoms with Gasteiger partial charge in [0, 0.05) is 42.3 Å². The average molecular weight is 455 g/mol. The highest BCUT2D eigenvalue weighted by Gasteiger charge is 2.20. The molecule has 0 radical (unpaired) electrons. The molecule has 0 amide bonds. The lowest BCUT2D eigenvalue weighted by Crippen LogP contribution is -2.17. The second-order valence-electron chi connectivity index (χ2n) is 8.21. The van der Waals surface area contributed by atoms with E-state index in [2.05, 4.69) is 40.2 Å². The topological polar surface area (TPSA) is 72.0 Å². The minimum atomic E-state index is 0.530. The molecular formula is C27H26N4O3. The maximum atomic E-state index is 10.0. The van der Waals surface area contributed by atoms with Crippen LogP contribution in [0.15, 0.2) is 54.9 Å². The third-order valence-corrected chi connectivity index (χ3v) is 6.40. The van der Waals surface area contributed by atoms with E-state index in [-0.39, 0.29) is 0 Å². The summed E-state index contributed by atoms with van der Waals surface area (Å²) in [6.45, 7) is 2.18. The Hall–Kier alpha value is -4.18. The van der Waals surface area contributed by atoms with Crippen molar-refractivity contribution < 1.29 is 14.2 Å². The van der Waals surface area contributed by atoms with E-state index in [1.165, 1.54) is 18.5 Å².